The molecular formula is C18H20N6O4S. The van der Waals surface area contributed by atoms with Crippen LogP contribution in [0.4, 0.5) is 6.01 Å². The van der Waals surface area contributed by atoms with Crippen molar-refractivity contribution in [2.24, 2.45) is 0 Å². The number of benzene rings is 1. The number of rotatable bonds is 6. The Morgan fingerprint density at radius 1 is 1.14 bits per heavy atom. The second-order valence-electron chi connectivity index (χ2n) is 7.13. The molecule has 0 aliphatic rings. The smallest absolute Gasteiger partial charge is 0.313 e. The summed E-state index contributed by atoms with van der Waals surface area (Å²) < 4.78 is 32.4. The Morgan fingerprint density at radius 3 is 2.62 bits per heavy atom. The molecule has 0 saturated heterocycles. The molecule has 29 heavy (non-hydrogen) atoms. The van der Waals surface area contributed by atoms with Gasteiger partial charge < -0.3 is 4.52 Å². The van der Waals surface area contributed by atoms with E-state index in [9.17, 15) is 13.2 Å². The van der Waals surface area contributed by atoms with Gasteiger partial charge in [0.05, 0.1) is 4.90 Å². The van der Waals surface area contributed by atoms with Crippen molar-refractivity contribution in [3.63, 3.8) is 0 Å². The number of sulfonamides is 1. The Bertz CT molecular complexity index is 1110. The first-order chi connectivity index (χ1) is 13.6. The van der Waals surface area contributed by atoms with Crippen LogP contribution in [0.1, 0.15) is 31.1 Å². The van der Waals surface area contributed by atoms with Crippen LogP contribution in [0.3, 0.4) is 0 Å². The highest BCUT2D eigenvalue weighted by molar-refractivity contribution is 7.89. The van der Waals surface area contributed by atoms with Gasteiger partial charge in [-0.15, -0.1) is 0 Å². The molecule has 2 aromatic heterocycles. The number of hydrazine groups is 1. The average Bonchev–Trinajstić information content (AvgIpc) is 3.14. The minimum absolute atomic E-state index is 0.0169. The number of aromatic nitrogens is 3. The molecule has 11 heteroatoms. The lowest BCUT2D eigenvalue weighted by atomic mass is 10.1. The number of pyridine rings is 1. The van der Waals surface area contributed by atoms with Gasteiger partial charge in [0.1, 0.15) is 0 Å². The van der Waals surface area contributed by atoms with Crippen molar-refractivity contribution < 1.29 is 17.7 Å². The molecule has 3 rings (SSSR count). The molecule has 152 valence electrons. The predicted octanol–water partition coefficient (Wildman–Crippen LogP) is 1.97. The Labute approximate surface area is 167 Å². The third-order valence-electron chi connectivity index (χ3n) is 3.48. The van der Waals surface area contributed by atoms with Crippen molar-refractivity contribution in [2.45, 2.75) is 31.2 Å². The Balaban J connectivity index is 1.68. The van der Waals surface area contributed by atoms with Gasteiger partial charge in [-0.1, -0.05) is 11.2 Å². The van der Waals surface area contributed by atoms with E-state index in [1.165, 1.54) is 24.3 Å². The first-order valence-corrected chi connectivity index (χ1v) is 10.1. The van der Waals surface area contributed by atoms with Gasteiger partial charge in [0, 0.05) is 29.1 Å². The van der Waals surface area contributed by atoms with Crippen LogP contribution >= 0.6 is 0 Å². The second-order valence-corrected chi connectivity index (χ2v) is 8.81. The summed E-state index contributed by atoms with van der Waals surface area (Å²) in [6.07, 6.45) is 3.19. The van der Waals surface area contributed by atoms with Gasteiger partial charge >= 0.3 is 6.01 Å². The lowest BCUT2D eigenvalue weighted by molar-refractivity contribution is 0.0961. The highest BCUT2D eigenvalue weighted by Gasteiger charge is 2.23. The lowest BCUT2D eigenvalue weighted by Gasteiger charge is -2.20. The molecule has 2 heterocycles. The van der Waals surface area contributed by atoms with Crippen LogP contribution < -0.4 is 15.6 Å². The summed E-state index contributed by atoms with van der Waals surface area (Å²) in [7, 11) is -3.77. The van der Waals surface area contributed by atoms with E-state index in [4.69, 9.17) is 4.52 Å². The zero-order valence-electron chi connectivity index (χ0n) is 16.0. The third kappa shape index (κ3) is 5.36. The van der Waals surface area contributed by atoms with Crippen LogP contribution in [0, 0.1) is 0 Å². The van der Waals surface area contributed by atoms with Crippen molar-refractivity contribution >= 4 is 21.9 Å². The molecule has 1 aromatic carbocycles. The van der Waals surface area contributed by atoms with E-state index in [0.29, 0.717) is 11.4 Å². The minimum Gasteiger partial charge on any atom is -0.313 e. The van der Waals surface area contributed by atoms with Gasteiger partial charge in [-0.25, -0.2) is 18.6 Å². The van der Waals surface area contributed by atoms with E-state index >= 15 is 0 Å². The van der Waals surface area contributed by atoms with Crippen LogP contribution in [0.25, 0.3) is 11.4 Å². The molecule has 0 saturated carbocycles. The van der Waals surface area contributed by atoms with E-state index < -0.39 is 21.5 Å². The molecule has 0 bridgehead atoms. The number of hydrogen-bond donors (Lipinski definition) is 3. The normalized spacial score (nSPS) is 11.8. The van der Waals surface area contributed by atoms with Crippen LogP contribution in [-0.2, 0) is 10.0 Å². The quantitative estimate of drug-likeness (QED) is 0.518. The van der Waals surface area contributed by atoms with Crippen molar-refractivity contribution in [3.8, 4) is 11.4 Å². The zero-order chi connectivity index (χ0) is 21.1. The molecule has 0 aliphatic heterocycles. The molecule has 0 spiro atoms. The maximum absolute atomic E-state index is 12.4. The van der Waals surface area contributed by atoms with Gasteiger partial charge in [-0.2, -0.15) is 4.98 Å². The number of carbonyl (C=O) groups excluding carboxylic acids is 1. The predicted molar refractivity (Wildman–Crippen MR) is 105 cm³/mol. The topological polar surface area (TPSA) is 139 Å². The maximum Gasteiger partial charge on any atom is 0.340 e. The molecule has 3 N–H and O–H groups in total. The zero-order valence-corrected chi connectivity index (χ0v) is 16.8. The first kappa shape index (κ1) is 20.4. The summed E-state index contributed by atoms with van der Waals surface area (Å²) in [5.41, 5.74) is 5.04. The highest BCUT2D eigenvalue weighted by atomic mass is 32.2. The van der Waals surface area contributed by atoms with E-state index in [-0.39, 0.29) is 16.5 Å². The fourth-order valence-electron chi connectivity index (χ4n) is 2.34. The highest BCUT2D eigenvalue weighted by Crippen LogP contribution is 2.16. The van der Waals surface area contributed by atoms with Crippen LogP contribution in [0.2, 0.25) is 0 Å². The standard InChI is InChI=1S/C18H20N6O4S/c1-18(2,3)24-29(26,27)14-8-4-6-12(10-14)16(25)21-22-17-20-15(23-28-17)13-7-5-9-19-11-13/h4-11,24H,1-3H3,(H,21,25)(H,20,22,23). The fraction of sp³-hybridized carbons (Fsp3) is 0.222. The first-order valence-electron chi connectivity index (χ1n) is 8.59. The third-order valence-corrected chi connectivity index (χ3v) is 5.23. The SMILES string of the molecule is CC(C)(C)NS(=O)(=O)c1cccc(C(=O)NNc2nc(-c3cccnc3)no2)c1. The number of carbonyl (C=O) groups is 1. The number of amides is 1. The van der Waals surface area contributed by atoms with Gasteiger partial charge in [0.2, 0.25) is 15.8 Å². The van der Waals surface area contributed by atoms with Crippen molar-refractivity contribution in [1.82, 2.24) is 25.3 Å². The van der Waals surface area contributed by atoms with Crippen molar-refractivity contribution in [3.05, 3.63) is 54.4 Å². The van der Waals surface area contributed by atoms with Gasteiger partial charge in [-0.05, 0) is 51.1 Å². The summed E-state index contributed by atoms with van der Waals surface area (Å²) >= 11 is 0. The average molecular weight is 416 g/mol. The summed E-state index contributed by atoms with van der Waals surface area (Å²) in [5, 5.41) is 3.79. The Kier molecular flexibility index (Phi) is 5.62. The van der Waals surface area contributed by atoms with Crippen molar-refractivity contribution in [1.29, 1.82) is 0 Å². The number of hydrogen-bond acceptors (Lipinski definition) is 8. The second kappa shape index (κ2) is 7.97. The van der Waals surface area contributed by atoms with E-state index in [2.05, 4.69) is 30.7 Å². The molecular weight excluding hydrogens is 396 g/mol. The molecule has 3 aromatic rings. The number of anilines is 1. The summed E-state index contributed by atoms with van der Waals surface area (Å²) in [6.45, 7) is 5.19. The number of nitrogens with one attached hydrogen (secondary N) is 3. The molecule has 1 amide bonds. The summed E-state index contributed by atoms with van der Waals surface area (Å²) in [4.78, 5) is 20.4. The molecule has 0 aliphatic carbocycles. The largest absolute Gasteiger partial charge is 0.340 e. The summed E-state index contributed by atoms with van der Waals surface area (Å²) in [5.74, 6) is -0.268. The summed E-state index contributed by atoms with van der Waals surface area (Å²) in [6, 6.07) is 9.13. The van der Waals surface area contributed by atoms with Crippen LogP contribution in [0.5, 0.6) is 0 Å². The maximum atomic E-state index is 12.4. The monoisotopic (exact) mass is 416 g/mol. The fourth-order valence-corrected chi connectivity index (χ4v) is 3.80. The molecule has 0 atom stereocenters. The minimum atomic E-state index is -3.77. The Morgan fingerprint density at radius 2 is 1.93 bits per heavy atom. The van der Waals surface area contributed by atoms with Gasteiger partial charge in [0.15, 0.2) is 0 Å². The molecule has 0 unspecified atom stereocenters. The molecule has 0 radical (unpaired) electrons. The van der Waals surface area contributed by atoms with E-state index in [0.717, 1.165) is 0 Å². The number of nitrogens with zero attached hydrogens (tertiary/aromatic N) is 3. The molecule has 0 fully saturated rings. The lowest BCUT2D eigenvalue weighted by Crippen LogP contribution is -2.40. The van der Waals surface area contributed by atoms with Crippen molar-refractivity contribution in [2.75, 3.05) is 5.43 Å². The van der Waals surface area contributed by atoms with Gasteiger partial charge in [-0.3, -0.25) is 15.2 Å². The van der Waals surface area contributed by atoms with Crippen LogP contribution in [-0.4, -0.2) is 35.0 Å². The van der Waals surface area contributed by atoms with E-state index in [1.807, 2.05) is 0 Å². The van der Waals surface area contributed by atoms with Crippen LogP contribution in [0.15, 0.2) is 58.2 Å². The Hall–Kier alpha value is -3.31. The van der Waals surface area contributed by atoms with E-state index in [1.54, 1.807) is 45.3 Å². The van der Waals surface area contributed by atoms with Gasteiger partial charge in [0.25, 0.3) is 5.91 Å². The molecule has 10 nitrogen and oxygen atoms in total.